The summed E-state index contributed by atoms with van der Waals surface area (Å²) in [6, 6.07) is 15.7. The van der Waals surface area contributed by atoms with Crippen LogP contribution in [-0.4, -0.2) is 41.2 Å². The zero-order chi connectivity index (χ0) is 22.8. The number of rotatable bonds is 5. The minimum atomic E-state index is -0.975. The highest BCUT2D eigenvalue weighted by molar-refractivity contribution is 8.18. The van der Waals surface area contributed by atoms with E-state index >= 15 is 0 Å². The van der Waals surface area contributed by atoms with Gasteiger partial charge < -0.3 is 14.3 Å². The maximum Gasteiger partial charge on any atom is 0.335 e. The van der Waals surface area contributed by atoms with Gasteiger partial charge in [0.05, 0.1) is 23.3 Å². The molecule has 1 N–H and O–H groups in total. The summed E-state index contributed by atoms with van der Waals surface area (Å²) in [4.78, 5) is 30.4. The fourth-order valence-electron chi connectivity index (χ4n) is 3.20. The summed E-state index contributed by atoms with van der Waals surface area (Å²) in [6.45, 7) is 1.83. The number of thioether (sulfide) groups is 1. The molecule has 8 heteroatoms. The Morgan fingerprint density at radius 3 is 2.56 bits per heavy atom. The molecule has 0 unspecified atom stereocenters. The van der Waals surface area contributed by atoms with Gasteiger partial charge in [0.1, 0.15) is 17.3 Å². The Labute approximate surface area is 189 Å². The molecule has 0 bridgehead atoms. The number of carboxylic acid groups (broad SMARTS) is 1. The SMILES string of the molecule is COc1ccc(N=C2S/C(=C\c3ccc(-c4ccc(C(=O)O)cc4C)o3)C(=O)N2C)cc1. The lowest BCUT2D eigenvalue weighted by Crippen LogP contribution is -2.23. The van der Waals surface area contributed by atoms with Gasteiger partial charge in [0, 0.05) is 18.7 Å². The smallest absolute Gasteiger partial charge is 0.335 e. The number of nitrogens with zero attached hydrogens (tertiary/aromatic N) is 2. The number of furan rings is 1. The summed E-state index contributed by atoms with van der Waals surface area (Å²) in [5, 5.41) is 9.70. The molecule has 2 aromatic carbocycles. The molecule has 7 nitrogen and oxygen atoms in total. The monoisotopic (exact) mass is 448 g/mol. The number of amidine groups is 1. The van der Waals surface area contributed by atoms with E-state index in [0.717, 1.165) is 22.6 Å². The number of carboxylic acids is 1. The second-order valence-corrected chi connectivity index (χ2v) is 8.11. The predicted molar refractivity (Wildman–Crippen MR) is 124 cm³/mol. The van der Waals surface area contributed by atoms with Gasteiger partial charge in [-0.1, -0.05) is 6.07 Å². The lowest BCUT2D eigenvalue weighted by atomic mass is 10.0. The van der Waals surface area contributed by atoms with Crippen molar-refractivity contribution in [1.82, 2.24) is 4.90 Å². The molecule has 2 heterocycles. The zero-order valence-corrected chi connectivity index (χ0v) is 18.5. The molecule has 162 valence electrons. The van der Waals surface area contributed by atoms with Crippen LogP contribution in [0.5, 0.6) is 5.75 Å². The summed E-state index contributed by atoms with van der Waals surface area (Å²) in [5.41, 5.74) is 2.52. The van der Waals surface area contributed by atoms with Crippen LogP contribution in [0.1, 0.15) is 21.7 Å². The fourth-order valence-corrected chi connectivity index (χ4v) is 4.16. The number of aryl methyl sites for hydroxylation is 1. The highest BCUT2D eigenvalue weighted by atomic mass is 32.2. The second kappa shape index (κ2) is 8.76. The lowest BCUT2D eigenvalue weighted by molar-refractivity contribution is -0.121. The van der Waals surface area contributed by atoms with E-state index in [9.17, 15) is 9.59 Å². The van der Waals surface area contributed by atoms with Crippen LogP contribution in [0.15, 0.2) is 68.9 Å². The summed E-state index contributed by atoms with van der Waals surface area (Å²) in [5.74, 6) is 0.720. The molecule has 1 saturated heterocycles. The topological polar surface area (TPSA) is 92.3 Å². The summed E-state index contributed by atoms with van der Waals surface area (Å²) < 4.78 is 11.1. The number of methoxy groups -OCH3 is 1. The third kappa shape index (κ3) is 4.31. The van der Waals surface area contributed by atoms with E-state index in [1.807, 2.05) is 31.2 Å². The molecule has 32 heavy (non-hydrogen) atoms. The third-order valence-electron chi connectivity index (χ3n) is 4.94. The minimum Gasteiger partial charge on any atom is -0.497 e. The standard InChI is InChI=1S/C24H20N2O5S/c1-14-12-15(23(28)29)4-10-19(14)20-11-9-18(31-20)13-21-22(27)26(2)24(32-21)25-16-5-7-17(30-3)8-6-16/h4-13H,1-3H3,(H,28,29)/b21-13-,25-24?. The average Bonchev–Trinajstić information content (AvgIpc) is 3.35. The number of benzene rings is 2. The van der Waals surface area contributed by atoms with Crippen molar-refractivity contribution in [2.45, 2.75) is 6.92 Å². The Hall–Kier alpha value is -3.78. The Morgan fingerprint density at radius 2 is 1.91 bits per heavy atom. The van der Waals surface area contributed by atoms with Crippen LogP contribution in [0.25, 0.3) is 17.4 Å². The number of carbonyl (C=O) groups is 2. The van der Waals surface area contributed by atoms with Gasteiger partial charge >= 0.3 is 5.97 Å². The first-order chi connectivity index (χ1) is 15.4. The van der Waals surface area contributed by atoms with Crippen LogP contribution in [-0.2, 0) is 4.79 Å². The number of amides is 1. The van der Waals surface area contributed by atoms with Crippen molar-refractivity contribution in [3.8, 4) is 17.1 Å². The minimum absolute atomic E-state index is 0.165. The Bertz CT molecular complexity index is 1260. The highest BCUT2D eigenvalue weighted by Gasteiger charge is 2.30. The van der Waals surface area contributed by atoms with E-state index in [1.54, 1.807) is 50.6 Å². The second-order valence-electron chi connectivity index (χ2n) is 7.10. The maximum atomic E-state index is 12.7. The van der Waals surface area contributed by atoms with Gasteiger partial charge in [-0.15, -0.1) is 0 Å². The van der Waals surface area contributed by atoms with Crippen LogP contribution < -0.4 is 4.74 Å². The summed E-state index contributed by atoms with van der Waals surface area (Å²) in [7, 11) is 3.28. The van der Waals surface area contributed by atoms with Crippen LogP contribution in [0.2, 0.25) is 0 Å². The third-order valence-corrected chi connectivity index (χ3v) is 6.00. The normalized spacial score (nSPS) is 16.2. The first-order valence-corrected chi connectivity index (χ1v) is 10.5. The molecular weight excluding hydrogens is 428 g/mol. The molecule has 0 radical (unpaired) electrons. The molecule has 0 spiro atoms. The highest BCUT2D eigenvalue weighted by Crippen LogP contribution is 2.34. The molecule has 4 rings (SSSR count). The number of hydrogen-bond donors (Lipinski definition) is 1. The number of likely N-dealkylation sites (N-methyl/N-ethyl adjacent to an activating group) is 1. The largest absolute Gasteiger partial charge is 0.497 e. The van der Waals surface area contributed by atoms with Crippen molar-refractivity contribution in [2.24, 2.45) is 4.99 Å². The van der Waals surface area contributed by atoms with Gasteiger partial charge in [-0.2, -0.15) is 0 Å². The zero-order valence-electron chi connectivity index (χ0n) is 17.7. The van der Waals surface area contributed by atoms with E-state index < -0.39 is 5.97 Å². The van der Waals surface area contributed by atoms with Crippen LogP contribution in [0.4, 0.5) is 5.69 Å². The van der Waals surface area contributed by atoms with Gasteiger partial charge in [-0.3, -0.25) is 9.69 Å². The van der Waals surface area contributed by atoms with E-state index in [0.29, 0.717) is 21.6 Å². The number of aliphatic imine (C=N–C) groups is 1. The fraction of sp³-hybridized carbons (Fsp3) is 0.125. The van der Waals surface area contributed by atoms with Crippen molar-refractivity contribution in [1.29, 1.82) is 0 Å². The van der Waals surface area contributed by atoms with E-state index in [2.05, 4.69) is 4.99 Å². The molecule has 1 aliphatic heterocycles. The number of ether oxygens (including phenoxy) is 1. The van der Waals surface area contributed by atoms with Crippen molar-refractivity contribution in [3.63, 3.8) is 0 Å². The first kappa shape index (κ1) is 21.5. The average molecular weight is 449 g/mol. The quantitative estimate of drug-likeness (QED) is 0.540. The molecular formula is C24H20N2O5S. The number of hydrogen-bond acceptors (Lipinski definition) is 6. The molecule has 0 aliphatic carbocycles. The van der Waals surface area contributed by atoms with Gasteiger partial charge in [-0.05, 0) is 72.8 Å². The van der Waals surface area contributed by atoms with Crippen LogP contribution in [0, 0.1) is 6.92 Å². The van der Waals surface area contributed by atoms with Gasteiger partial charge in [-0.25, -0.2) is 9.79 Å². The molecule has 0 saturated carbocycles. The number of carbonyl (C=O) groups excluding carboxylic acids is 1. The van der Waals surface area contributed by atoms with Crippen LogP contribution >= 0.6 is 11.8 Å². The lowest BCUT2D eigenvalue weighted by Gasteiger charge is -2.07. The molecule has 3 aromatic rings. The van der Waals surface area contributed by atoms with E-state index in [1.165, 1.54) is 16.7 Å². The molecule has 1 aromatic heterocycles. The Morgan fingerprint density at radius 1 is 1.16 bits per heavy atom. The molecule has 1 aliphatic rings. The number of aromatic carboxylic acids is 1. The Kier molecular flexibility index (Phi) is 5.87. The molecule has 1 amide bonds. The van der Waals surface area contributed by atoms with Crippen molar-refractivity contribution in [3.05, 3.63) is 76.4 Å². The van der Waals surface area contributed by atoms with Gasteiger partial charge in [0.25, 0.3) is 5.91 Å². The predicted octanol–water partition coefficient (Wildman–Crippen LogP) is 5.20. The summed E-state index contributed by atoms with van der Waals surface area (Å²) in [6.07, 6.45) is 1.69. The van der Waals surface area contributed by atoms with Gasteiger partial charge in [0.15, 0.2) is 5.17 Å². The van der Waals surface area contributed by atoms with E-state index in [4.69, 9.17) is 14.3 Å². The van der Waals surface area contributed by atoms with Crippen molar-refractivity contribution >= 4 is 40.6 Å². The summed E-state index contributed by atoms with van der Waals surface area (Å²) >= 11 is 1.27. The van der Waals surface area contributed by atoms with Crippen molar-refractivity contribution in [2.75, 3.05) is 14.2 Å². The van der Waals surface area contributed by atoms with Gasteiger partial charge in [0.2, 0.25) is 0 Å². The van der Waals surface area contributed by atoms with Crippen LogP contribution in [0.3, 0.4) is 0 Å². The first-order valence-electron chi connectivity index (χ1n) is 9.70. The molecule has 0 atom stereocenters. The maximum absolute atomic E-state index is 12.7. The van der Waals surface area contributed by atoms with E-state index in [-0.39, 0.29) is 11.5 Å². The van der Waals surface area contributed by atoms with Crippen molar-refractivity contribution < 1.29 is 23.8 Å². The Balaban J connectivity index is 1.57. The molecule has 1 fully saturated rings.